The van der Waals surface area contributed by atoms with E-state index in [0.717, 1.165) is 23.7 Å². The topological polar surface area (TPSA) is 96.3 Å². The van der Waals surface area contributed by atoms with Gasteiger partial charge >= 0.3 is 0 Å². The Bertz CT molecular complexity index is 1310. The molecule has 2 heterocycles. The van der Waals surface area contributed by atoms with Crippen LogP contribution in [0.1, 0.15) is 43.0 Å². The van der Waals surface area contributed by atoms with E-state index in [-0.39, 0.29) is 29.6 Å². The highest BCUT2D eigenvalue weighted by molar-refractivity contribution is 6.00. The van der Waals surface area contributed by atoms with Crippen molar-refractivity contribution in [2.24, 2.45) is 18.9 Å². The lowest BCUT2D eigenvalue weighted by atomic mass is 9.86. The van der Waals surface area contributed by atoms with Gasteiger partial charge in [-0.05, 0) is 53.5 Å². The average molecular weight is 488 g/mol. The summed E-state index contributed by atoms with van der Waals surface area (Å²) in [7, 11) is 3.43. The highest BCUT2D eigenvalue weighted by atomic mass is 16.2. The van der Waals surface area contributed by atoms with Crippen molar-refractivity contribution >= 4 is 28.6 Å². The Hall–Kier alpha value is -3.68. The van der Waals surface area contributed by atoms with Crippen molar-refractivity contribution in [3.63, 3.8) is 0 Å². The van der Waals surface area contributed by atoms with Crippen molar-refractivity contribution in [1.29, 1.82) is 0 Å². The summed E-state index contributed by atoms with van der Waals surface area (Å²) in [5.41, 5.74) is 4.02. The molecule has 3 amide bonds. The number of carbonyl (C=O) groups excluding carboxylic acids is 3. The van der Waals surface area contributed by atoms with E-state index in [0.29, 0.717) is 12.0 Å². The summed E-state index contributed by atoms with van der Waals surface area (Å²) in [4.78, 5) is 42.8. The SMILES string of the molecule is CC[C@@H](C)[C@@H]1C(=O)N[C@H](C2Cc3ccccc3C2)C(=O)N1[C@@H](C(=O)NC)c1ccc2c(cnn2C)c1. The molecule has 36 heavy (non-hydrogen) atoms. The molecule has 0 unspecified atom stereocenters. The third kappa shape index (κ3) is 3.94. The Labute approximate surface area is 211 Å². The molecule has 1 aliphatic carbocycles. The van der Waals surface area contributed by atoms with Gasteiger partial charge in [0.2, 0.25) is 17.7 Å². The fourth-order valence-corrected chi connectivity index (χ4v) is 5.84. The molecular formula is C28H33N5O3. The number of hydrogen-bond donors (Lipinski definition) is 2. The number of hydrogen-bond acceptors (Lipinski definition) is 4. The first-order chi connectivity index (χ1) is 17.3. The van der Waals surface area contributed by atoms with Crippen LogP contribution >= 0.6 is 0 Å². The molecule has 0 spiro atoms. The van der Waals surface area contributed by atoms with Gasteiger partial charge in [-0.15, -0.1) is 0 Å². The van der Waals surface area contributed by atoms with E-state index >= 15 is 0 Å². The molecule has 0 saturated carbocycles. The zero-order chi connectivity index (χ0) is 25.6. The molecule has 3 aromatic rings. The second-order valence-electron chi connectivity index (χ2n) is 10.1. The van der Waals surface area contributed by atoms with E-state index in [2.05, 4.69) is 27.9 Å². The fraction of sp³-hybridized carbons (Fsp3) is 0.429. The van der Waals surface area contributed by atoms with Crippen LogP contribution in [0.25, 0.3) is 10.9 Å². The van der Waals surface area contributed by atoms with Gasteiger partial charge in [0.05, 0.1) is 11.7 Å². The van der Waals surface area contributed by atoms with E-state index < -0.39 is 18.1 Å². The summed E-state index contributed by atoms with van der Waals surface area (Å²) in [5, 5.41) is 11.0. The number of aryl methyl sites for hydroxylation is 1. The summed E-state index contributed by atoms with van der Waals surface area (Å²) in [5.74, 6) is -0.878. The summed E-state index contributed by atoms with van der Waals surface area (Å²) in [6.07, 6.45) is 3.89. The third-order valence-corrected chi connectivity index (χ3v) is 7.98. The molecule has 8 nitrogen and oxygen atoms in total. The number of carbonyl (C=O) groups is 3. The number of nitrogens with zero attached hydrogens (tertiary/aromatic N) is 3. The molecule has 1 aromatic heterocycles. The van der Waals surface area contributed by atoms with Crippen molar-refractivity contribution in [1.82, 2.24) is 25.3 Å². The Kier molecular flexibility index (Phi) is 6.28. The number of benzene rings is 2. The molecule has 1 fully saturated rings. The smallest absolute Gasteiger partial charge is 0.247 e. The molecule has 2 N–H and O–H groups in total. The Morgan fingerprint density at radius 3 is 2.50 bits per heavy atom. The van der Waals surface area contributed by atoms with Gasteiger partial charge in [0.25, 0.3) is 0 Å². The predicted octanol–water partition coefficient (Wildman–Crippen LogP) is 2.52. The van der Waals surface area contributed by atoms with Crippen LogP contribution in [-0.2, 0) is 34.3 Å². The molecule has 1 aliphatic heterocycles. The minimum absolute atomic E-state index is 0.0506. The molecule has 188 valence electrons. The van der Waals surface area contributed by atoms with Gasteiger partial charge in [-0.25, -0.2) is 0 Å². The Balaban J connectivity index is 1.58. The lowest BCUT2D eigenvalue weighted by Crippen LogP contribution is -2.68. The predicted molar refractivity (Wildman–Crippen MR) is 137 cm³/mol. The molecule has 0 radical (unpaired) electrons. The van der Waals surface area contributed by atoms with E-state index in [1.165, 1.54) is 11.1 Å². The zero-order valence-corrected chi connectivity index (χ0v) is 21.2. The van der Waals surface area contributed by atoms with Crippen LogP contribution in [0, 0.1) is 11.8 Å². The molecule has 0 bridgehead atoms. The van der Waals surface area contributed by atoms with E-state index in [4.69, 9.17) is 0 Å². The lowest BCUT2D eigenvalue weighted by Gasteiger charge is -2.46. The fourth-order valence-electron chi connectivity index (χ4n) is 5.84. The average Bonchev–Trinajstić information content (AvgIpc) is 3.48. The number of amides is 3. The molecule has 2 aromatic carbocycles. The van der Waals surface area contributed by atoms with Gasteiger partial charge in [0, 0.05) is 19.5 Å². The molecule has 2 aliphatic rings. The molecule has 8 heteroatoms. The maximum Gasteiger partial charge on any atom is 0.247 e. The van der Waals surface area contributed by atoms with Crippen molar-refractivity contribution < 1.29 is 14.4 Å². The van der Waals surface area contributed by atoms with Crippen LogP contribution in [0.5, 0.6) is 0 Å². The first-order valence-corrected chi connectivity index (χ1v) is 12.7. The zero-order valence-electron chi connectivity index (χ0n) is 21.2. The van der Waals surface area contributed by atoms with Crippen molar-refractivity contribution in [2.75, 3.05) is 7.05 Å². The number of aromatic nitrogens is 2. The molecule has 5 rings (SSSR count). The van der Waals surface area contributed by atoms with Gasteiger partial charge in [-0.3, -0.25) is 19.1 Å². The minimum atomic E-state index is -0.927. The van der Waals surface area contributed by atoms with Gasteiger partial charge in [-0.2, -0.15) is 5.10 Å². The Morgan fingerprint density at radius 2 is 1.86 bits per heavy atom. The normalized spacial score (nSPS) is 21.8. The number of piperazine rings is 1. The standard InChI is InChI=1S/C28H33N5O3/c1-5-16(2)24-27(35)31-23(20-12-17-8-6-7-9-18(17)13-20)28(36)33(24)25(26(34)29-3)19-10-11-22-21(14-19)15-30-32(22)4/h6-11,14-16,20,23-25H,5,12-13H2,1-4H3,(H,29,34)(H,31,35)/t16-,23-,24-,25-/m1/s1. The van der Waals surface area contributed by atoms with Crippen molar-refractivity contribution in [2.45, 2.75) is 51.2 Å². The molecule has 1 saturated heterocycles. The number of nitrogens with one attached hydrogen (secondary N) is 2. The van der Waals surface area contributed by atoms with Crippen LogP contribution in [0.3, 0.4) is 0 Å². The van der Waals surface area contributed by atoms with Crippen LogP contribution in [-0.4, -0.2) is 51.5 Å². The van der Waals surface area contributed by atoms with Crippen LogP contribution in [0.4, 0.5) is 0 Å². The first-order valence-electron chi connectivity index (χ1n) is 12.7. The summed E-state index contributed by atoms with van der Waals surface area (Å²) >= 11 is 0. The second-order valence-corrected chi connectivity index (χ2v) is 10.1. The summed E-state index contributed by atoms with van der Waals surface area (Å²) in [6.45, 7) is 3.96. The quantitative estimate of drug-likeness (QED) is 0.559. The molecular weight excluding hydrogens is 454 g/mol. The molecule has 4 atom stereocenters. The number of likely N-dealkylation sites (N-methyl/N-ethyl adjacent to an activating group) is 1. The number of rotatable bonds is 6. The van der Waals surface area contributed by atoms with E-state index in [9.17, 15) is 14.4 Å². The van der Waals surface area contributed by atoms with Crippen LogP contribution in [0.15, 0.2) is 48.7 Å². The second kappa shape index (κ2) is 9.41. The highest BCUT2D eigenvalue weighted by Gasteiger charge is 2.50. The van der Waals surface area contributed by atoms with Crippen molar-refractivity contribution in [3.05, 3.63) is 65.4 Å². The minimum Gasteiger partial charge on any atom is -0.357 e. The van der Waals surface area contributed by atoms with Gasteiger partial charge in [-0.1, -0.05) is 50.6 Å². The van der Waals surface area contributed by atoms with Gasteiger partial charge < -0.3 is 15.5 Å². The lowest BCUT2D eigenvalue weighted by molar-refractivity contribution is -0.159. The maximum atomic E-state index is 14.3. The highest BCUT2D eigenvalue weighted by Crippen LogP contribution is 2.36. The Morgan fingerprint density at radius 1 is 1.17 bits per heavy atom. The van der Waals surface area contributed by atoms with Gasteiger partial charge in [0.15, 0.2) is 0 Å². The van der Waals surface area contributed by atoms with E-state index in [1.807, 2.05) is 51.2 Å². The van der Waals surface area contributed by atoms with Gasteiger partial charge in [0.1, 0.15) is 18.1 Å². The summed E-state index contributed by atoms with van der Waals surface area (Å²) < 4.78 is 1.77. The van der Waals surface area contributed by atoms with E-state index in [1.54, 1.807) is 22.8 Å². The summed E-state index contributed by atoms with van der Waals surface area (Å²) in [6, 6.07) is 11.5. The first kappa shape index (κ1) is 24.0. The largest absolute Gasteiger partial charge is 0.357 e. The van der Waals surface area contributed by atoms with Crippen LogP contribution < -0.4 is 10.6 Å². The number of fused-ring (bicyclic) bond motifs is 2. The van der Waals surface area contributed by atoms with Crippen molar-refractivity contribution in [3.8, 4) is 0 Å². The third-order valence-electron chi connectivity index (χ3n) is 7.98. The monoisotopic (exact) mass is 487 g/mol. The maximum absolute atomic E-state index is 14.3. The van der Waals surface area contributed by atoms with Crippen LogP contribution in [0.2, 0.25) is 0 Å².